The Kier molecular flexibility index (Phi) is 3.61. The van der Waals surface area contributed by atoms with Crippen molar-refractivity contribution in [1.82, 2.24) is 9.55 Å². The molecule has 0 saturated heterocycles. The van der Waals surface area contributed by atoms with Crippen LogP contribution in [0.2, 0.25) is 0 Å². The Morgan fingerprint density at radius 2 is 2.22 bits per heavy atom. The predicted octanol–water partition coefficient (Wildman–Crippen LogP) is 5.18. The van der Waals surface area contributed by atoms with Gasteiger partial charge in [0, 0.05) is 18.3 Å². The van der Waals surface area contributed by atoms with Crippen LogP contribution in [0.25, 0.3) is 11.0 Å². The molecule has 0 fully saturated rings. The summed E-state index contributed by atoms with van der Waals surface area (Å²) in [6.45, 7) is 0.815. The van der Waals surface area contributed by atoms with Gasteiger partial charge >= 0.3 is 0 Å². The van der Waals surface area contributed by atoms with Gasteiger partial charge in [-0.15, -0.1) is 11.3 Å². The highest BCUT2D eigenvalue weighted by molar-refractivity contribution is 14.1. The number of nitrogens with one attached hydrogen (secondary N) is 1. The number of halogens is 2. The molecule has 0 radical (unpaired) electrons. The van der Waals surface area contributed by atoms with E-state index in [9.17, 15) is 0 Å². The molecule has 2 aromatic heterocycles. The van der Waals surface area contributed by atoms with Crippen molar-refractivity contribution in [2.45, 2.75) is 6.54 Å². The molecule has 92 valence electrons. The highest BCUT2D eigenvalue weighted by Gasteiger charge is 2.06. The Morgan fingerprint density at radius 1 is 1.39 bits per heavy atom. The summed E-state index contributed by atoms with van der Waals surface area (Å²) in [5, 5.41) is 2.09. The Balaban J connectivity index is 2.11. The number of aromatic nitrogens is 2. The van der Waals surface area contributed by atoms with E-state index in [1.165, 1.54) is 8.45 Å². The van der Waals surface area contributed by atoms with Crippen molar-refractivity contribution < 1.29 is 0 Å². The zero-order valence-electron chi connectivity index (χ0n) is 9.11. The molecular formula is C12H8BrIN2S2. The molecule has 6 heteroatoms. The summed E-state index contributed by atoms with van der Waals surface area (Å²) in [7, 11) is 0. The van der Waals surface area contributed by atoms with E-state index in [0.29, 0.717) is 0 Å². The average Bonchev–Trinajstić information content (AvgIpc) is 2.84. The summed E-state index contributed by atoms with van der Waals surface area (Å²) >= 11 is 12.9. The summed E-state index contributed by atoms with van der Waals surface area (Å²) in [5.41, 5.74) is 2.26. The quantitative estimate of drug-likeness (QED) is 0.421. The molecule has 0 saturated carbocycles. The van der Waals surface area contributed by atoms with Gasteiger partial charge in [0.15, 0.2) is 4.77 Å². The monoisotopic (exact) mass is 450 g/mol. The molecule has 0 aliphatic heterocycles. The lowest BCUT2D eigenvalue weighted by atomic mass is 10.3. The maximum Gasteiger partial charge on any atom is 0.178 e. The Hall–Kier alpha value is -0.180. The van der Waals surface area contributed by atoms with E-state index in [1.807, 2.05) is 0 Å². The summed E-state index contributed by atoms with van der Waals surface area (Å²) in [6, 6.07) is 8.48. The third-order valence-corrected chi connectivity index (χ3v) is 5.35. The number of imidazole rings is 1. The SMILES string of the molecule is S=c1[nH]c2cc(I)ccc2n1Cc1cc(Br)cs1. The first-order valence-corrected chi connectivity index (χ1v) is 8.40. The minimum absolute atomic E-state index is 0.775. The van der Waals surface area contributed by atoms with Crippen LogP contribution in [0, 0.1) is 8.34 Å². The molecule has 3 aromatic rings. The lowest BCUT2D eigenvalue weighted by Crippen LogP contribution is -1.97. The highest BCUT2D eigenvalue weighted by Crippen LogP contribution is 2.23. The lowest BCUT2D eigenvalue weighted by molar-refractivity contribution is 0.823. The van der Waals surface area contributed by atoms with E-state index in [1.54, 1.807) is 11.3 Å². The van der Waals surface area contributed by atoms with Gasteiger partial charge in [0.1, 0.15) is 0 Å². The molecule has 1 aromatic carbocycles. The predicted molar refractivity (Wildman–Crippen MR) is 91.0 cm³/mol. The van der Waals surface area contributed by atoms with Crippen LogP contribution >= 0.6 is 62.1 Å². The molecule has 2 heterocycles. The number of thiophene rings is 1. The van der Waals surface area contributed by atoms with Crippen LogP contribution in [0.3, 0.4) is 0 Å². The summed E-state index contributed by atoms with van der Waals surface area (Å²) < 4.78 is 5.25. The molecule has 0 amide bonds. The molecule has 2 nitrogen and oxygen atoms in total. The van der Waals surface area contributed by atoms with Crippen molar-refractivity contribution in [1.29, 1.82) is 0 Å². The lowest BCUT2D eigenvalue weighted by Gasteiger charge is -2.02. The van der Waals surface area contributed by atoms with Gasteiger partial charge in [-0.25, -0.2) is 0 Å². The molecule has 0 aliphatic carbocycles. The Morgan fingerprint density at radius 3 is 2.94 bits per heavy atom. The number of rotatable bonds is 2. The topological polar surface area (TPSA) is 20.7 Å². The fraction of sp³-hybridized carbons (Fsp3) is 0.0833. The van der Waals surface area contributed by atoms with Crippen LogP contribution in [0.1, 0.15) is 4.88 Å². The molecule has 18 heavy (non-hydrogen) atoms. The number of nitrogens with zero attached hydrogens (tertiary/aromatic N) is 1. The van der Waals surface area contributed by atoms with Gasteiger partial charge in [-0.3, -0.25) is 0 Å². The van der Waals surface area contributed by atoms with Gasteiger partial charge in [-0.1, -0.05) is 0 Å². The second kappa shape index (κ2) is 5.07. The zero-order valence-corrected chi connectivity index (χ0v) is 14.5. The van der Waals surface area contributed by atoms with Gasteiger partial charge in [-0.2, -0.15) is 0 Å². The van der Waals surface area contributed by atoms with Crippen LogP contribution in [0.15, 0.2) is 34.1 Å². The van der Waals surface area contributed by atoms with Gasteiger partial charge < -0.3 is 9.55 Å². The second-order valence-corrected chi connectivity index (χ2v) is 7.45. The zero-order chi connectivity index (χ0) is 12.7. The molecule has 0 spiro atoms. The van der Waals surface area contributed by atoms with Gasteiger partial charge in [-0.05, 0) is 75.0 Å². The third kappa shape index (κ3) is 2.43. The van der Waals surface area contributed by atoms with E-state index in [4.69, 9.17) is 12.2 Å². The largest absolute Gasteiger partial charge is 0.331 e. The van der Waals surface area contributed by atoms with Crippen molar-refractivity contribution in [2.75, 3.05) is 0 Å². The third-order valence-electron chi connectivity index (χ3n) is 2.67. The molecule has 3 rings (SSSR count). The van der Waals surface area contributed by atoms with E-state index >= 15 is 0 Å². The number of hydrogen-bond acceptors (Lipinski definition) is 2. The van der Waals surface area contributed by atoms with E-state index < -0.39 is 0 Å². The number of hydrogen-bond donors (Lipinski definition) is 1. The van der Waals surface area contributed by atoms with Crippen LogP contribution in [0.4, 0.5) is 0 Å². The minimum Gasteiger partial charge on any atom is -0.331 e. The summed E-state index contributed by atoms with van der Waals surface area (Å²) in [5.74, 6) is 0. The first-order chi connectivity index (χ1) is 8.63. The van der Waals surface area contributed by atoms with Crippen molar-refractivity contribution in [3.63, 3.8) is 0 Å². The fourth-order valence-electron chi connectivity index (χ4n) is 1.89. The molecule has 1 N–H and O–H groups in total. The number of aromatic amines is 1. The van der Waals surface area contributed by atoms with Crippen molar-refractivity contribution >= 4 is 73.1 Å². The van der Waals surface area contributed by atoms with Gasteiger partial charge in [0.05, 0.1) is 17.6 Å². The van der Waals surface area contributed by atoms with Crippen LogP contribution in [-0.2, 0) is 6.54 Å². The maximum absolute atomic E-state index is 5.40. The number of fused-ring (bicyclic) bond motifs is 1. The fourth-order valence-corrected chi connectivity index (χ4v) is 4.09. The standard InChI is InChI=1S/C12H8BrIN2S2/c13-7-3-9(18-6-7)5-16-11-2-1-8(14)4-10(11)15-12(16)17/h1-4,6H,5H2,(H,15,17). The van der Waals surface area contributed by atoms with Crippen LogP contribution in [0.5, 0.6) is 0 Å². The Bertz CT molecular complexity index is 772. The average molecular weight is 451 g/mol. The number of benzene rings is 1. The maximum atomic E-state index is 5.40. The van der Waals surface area contributed by atoms with E-state index in [-0.39, 0.29) is 0 Å². The Labute approximate surface area is 135 Å². The summed E-state index contributed by atoms with van der Waals surface area (Å²) in [4.78, 5) is 4.55. The van der Waals surface area contributed by atoms with Crippen molar-refractivity contribution in [3.8, 4) is 0 Å². The molecular weight excluding hydrogens is 443 g/mol. The van der Waals surface area contributed by atoms with E-state index in [0.717, 1.165) is 26.8 Å². The highest BCUT2D eigenvalue weighted by atomic mass is 127. The smallest absolute Gasteiger partial charge is 0.178 e. The van der Waals surface area contributed by atoms with Crippen LogP contribution < -0.4 is 0 Å². The number of H-pyrrole nitrogens is 1. The summed E-state index contributed by atoms with van der Waals surface area (Å²) in [6.07, 6.45) is 0. The minimum atomic E-state index is 0.775. The molecule has 0 bridgehead atoms. The van der Waals surface area contributed by atoms with Gasteiger partial charge in [0.2, 0.25) is 0 Å². The second-order valence-electron chi connectivity index (χ2n) is 3.91. The van der Waals surface area contributed by atoms with Gasteiger partial charge in [0.25, 0.3) is 0 Å². The molecule has 0 aliphatic rings. The van der Waals surface area contributed by atoms with E-state index in [2.05, 4.69) is 77.7 Å². The van der Waals surface area contributed by atoms with Crippen LogP contribution in [-0.4, -0.2) is 9.55 Å². The normalized spacial score (nSPS) is 11.2. The first kappa shape index (κ1) is 12.8. The molecule has 0 unspecified atom stereocenters. The molecule has 0 atom stereocenters. The van der Waals surface area contributed by atoms with Crippen molar-refractivity contribution in [3.05, 3.63) is 47.3 Å². The van der Waals surface area contributed by atoms with Crippen molar-refractivity contribution in [2.24, 2.45) is 0 Å². The first-order valence-electron chi connectivity index (χ1n) is 5.24.